The maximum absolute atomic E-state index is 10.1. The van der Waals surface area contributed by atoms with Gasteiger partial charge in [-0.3, -0.25) is 0 Å². The number of aromatic nitrogens is 5. The van der Waals surface area contributed by atoms with E-state index in [1.807, 2.05) is 66.7 Å². The zero-order valence-electron chi connectivity index (χ0n) is 19.2. The highest BCUT2D eigenvalue weighted by Crippen LogP contribution is 2.48. The molecule has 1 aliphatic rings. The zero-order chi connectivity index (χ0) is 24.2. The first-order valence-electron chi connectivity index (χ1n) is 11.4. The Morgan fingerprint density at radius 1 is 0.944 bits per heavy atom. The summed E-state index contributed by atoms with van der Waals surface area (Å²) in [4.78, 5) is 14.2. The van der Waals surface area contributed by atoms with E-state index in [0.29, 0.717) is 28.8 Å². The van der Waals surface area contributed by atoms with E-state index in [0.717, 1.165) is 33.3 Å². The first-order valence-corrected chi connectivity index (χ1v) is 11.4. The Hall–Kier alpha value is -4.98. The molecule has 6 aromatic rings. The number of hydrogen-bond acceptors (Lipinski definition) is 7. The van der Waals surface area contributed by atoms with Gasteiger partial charge in [-0.15, -0.1) is 5.10 Å². The van der Waals surface area contributed by atoms with Crippen molar-refractivity contribution >= 4 is 16.6 Å². The predicted octanol–water partition coefficient (Wildman–Crippen LogP) is 5.34. The maximum Gasteiger partial charge on any atom is 0.228 e. The molecule has 0 aliphatic carbocycles. The lowest BCUT2D eigenvalue weighted by Crippen LogP contribution is -2.15. The summed E-state index contributed by atoms with van der Waals surface area (Å²) >= 11 is 0. The van der Waals surface area contributed by atoms with Crippen molar-refractivity contribution in [1.82, 2.24) is 24.6 Å². The largest absolute Gasteiger partial charge is 0.508 e. The maximum atomic E-state index is 10.1. The number of phenolic OH excluding ortho intramolecular Hbond substituents is 1. The Morgan fingerprint density at radius 3 is 2.67 bits per heavy atom. The molecule has 3 aromatic heterocycles. The highest BCUT2D eigenvalue weighted by molar-refractivity contribution is 5.81. The molecule has 0 saturated carbocycles. The molecule has 0 radical (unpaired) electrons. The summed E-state index contributed by atoms with van der Waals surface area (Å²) in [6.07, 6.45) is 1.59. The molecule has 7 rings (SSSR count). The monoisotopic (exact) mass is 473 g/mol. The van der Waals surface area contributed by atoms with Crippen LogP contribution in [0.4, 0.5) is 0 Å². The second kappa shape index (κ2) is 7.78. The van der Waals surface area contributed by atoms with E-state index < -0.39 is 0 Å². The number of benzene rings is 3. The van der Waals surface area contributed by atoms with Crippen molar-refractivity contribution in [2.45, 2.75) is 5.92 Å². The standard InChI is InChI=1S/C28H19N5O3/c1-35-19-10-6-17(7-11-19)24-20-12-9-18(34)14-23(20)36-28-25(24)27-31-26(32-33(27)15-29-28)22-13-8-16-4-2-3-5-21(16)30-22/h2-15,24,34H,1H3/t24-/m1/s1. The molecule has 1 N–H and O–H groups in total. The topological polar surface area (TPSA) is 94.7 Å². The number of hydrogen-bond donors (Lipinski definition) is 1. The summed E-state index contributed by atoms with van der Waals surface area (Å²) < 4.78 is 13.2. The third-order valence-electron chi connectivity index (χ3n) is 6.47. The summed E-state index contributed by atoms with van der Waals surface area (Å²) in [5.41, 5.74) is 4.88. The van der Waals surface area contributed by atoms with Gasteiger partial charge in [0.05, 0.1) is 18.2 Å². The van der Waals surface area contributed by atoms with Crippen molar-refractivity contribution < 1.29 is 14.6 Å². The molecule has 8 nitrogen and oxygen atoms in total. The number of nitrogens with zero attached hydrogens (tertiary/aromatic N) is 5. The second-order valence-corrected chi connectivity index (χ2v) is 8.59. The molecule has 0 amide bonds. The summed E-state index contributed by atoms with van der Waals surface area (Å²) in [5.74, 6) is 2.12. The first-order chi connectivity index (χ1) is 17.7. The van der Waals surface area contributed by atoms with Gasteiger partial charge in [-0.25, -0.2) is 19.5 Å². The number of ether oxygens (including phenoxy) is 2. The first kappa shape index (κ1) is 20.4. The van der Waals surface area contributed by atoms with Gasteiger partial charge < -0.3 is 14.6 Å². The van der Waals surface area contributed by atoms with Crippen LogP contribution in [0.2, 0.25) is 0 Å². The molecule has 8 heteroatoms. The molecule has 0 bridgehead atoms. The van der Waals surface area contributed by atoms with E-state index >= 15 is 0 Å². The Labute approximate surface area is 205 Å². The van der Waals surface area contributed by atoms with E-state index in [1.54, 1.807) is 30.1 Å². The fraction of sp³-hybridized carbons (Fsp3) is 0.0714. The minimum Gasteiger partial charge on any atom is -0.508 e. The smallest absolute Gasteiger partial charge is 0.228 e. The molecule has 3 aromatic carbocycles. The van der Waals surface area contributed by atoms with Crippen LogP contribution in [0.1, 0.15) is 22.6 Å². The third-order valence-corrected chi connectivity index (χ3v) is 6.47. The van der Waals surface area contributed by atoms with Crippen molar-refractivity contribution in [2.24, 2.45) is 0 Å². The predicted molar refractivity (Wildman–Crippen MR) is 134 cm³/mol. The van der Waals surface area contributed by atoms with Crippen LogP contribution in [-0.2, 0) is 0 Å². The van der Waals surface area contributed by atoms with Crippen LogP contribution in [0.15, 0.2) is 85.2 Å². The van der Waals surface area contributed by atoms with Gasteiger partial charge in [0.25, 0.3) is 0 Å². The fourth-order valence-electron chi connectivity index (χ4n) is 4.74. The number of para-hydroxylation sites is 1. The van der Waals surface area contributed by atoms with Crippen molar-refractivity contribution in [3.05, 3.63) is 102 Å². The van der Waals surface area contributed by atoms with Gasteiger partial charge in [0.15, 0.2) is 5.65 Å². The molecule has 174 valence electrons. The van der Waals surface area contributed by atoms with E-state index in [-0.39, 0.29) is 11.7 Å². The fourth-order valence-corrected chi connectivity index (χ4v) is 4.74. The molecule has 1 atom stereocenters. The van der Waals surface area contributed by atoms with E-state index in [1.165, 1.54) is 0 Å². The average molecular weight is 473 g/mol. The third kappa shape index (κ3) is 3.15. The molecule has 0 unspecified atom stereocenters. The van der Waals surface area contributed by atoms with Crippen LogP contribution >= 0.6 is 0 Å². The van der Waals surface area contributed by atoms with Crippen LogP contribution in [-0.4, -0.2) is 36.8 Å². The van der Waals surface area contributed by atoms with Gasteiger partial charge in [0, 0.05) is 22.9 Å². The number of phenols is 1. The number of pyridine rings is 1. The summed E-state index contributed by atoms with van der Waals surface area (Å²) in [6.45, 7) is 0. The number of aromatic hydroxyl groups is 1. The van der Waals surface area contributed by atoms with Crippen molar-refractivity contribution in [2.75, 3.05) is 7.11 Å². The van der Waals surface area contributed by atoms with Gasteiger partial charge in [-0.1, -0.05) is 42.5 Å². The highest BCUT2D eigenvalue weighted by Gasteiger charge is 2.33. The van der Waals surface area contributed by atoms with Crippen LogP contribution in [0.25, 0.3) is 28.1 Å². The lowest BCUT2D eigenvalue weighted by atomic mass is 9.84. The summed E-state index contributed by atoms with van der Waals surface area (Å²) in [5, 5.41) is 15.8. The Bertz CT molecular complexity index is 1780. The van der Waals surface area contributed by atoms with Crippen LogP contribution in [0, 0.1) is 0 Å². The van der Waals surface area contributed by atoms with E-state index in [2.05, 4.69) is 10.1 Å². The van der Waals surface area contributed by atoms with Crippen LogP contribution in [0.3, 0.4) is 0 Å². The molecule has 36 heavy (non-hydrogen) atoms. The molecular formula is C28H19N5O3. The number of methoxy groups -OCH3 is 1. The van der Waals surface area contributed by atoms with Gasteiger partial charge >= 0.3 is 0 Å². The number of fused-ring (bicyclic) bond motifs is 5. The van der Waals surface area contributed by atoms with E-state index in [9.17, 15) is 5.11 Å². The molecule has 0 spiro atoms. The lowest BCUT2D eigenvalue weighted by molar-refractivity contribution is 0.414. The molecule has 0 fully saturated rings. The normalized spacial score (nSPS) is 14.3. The van der Waals surface area contributed by atoms with E-state index in [4.69, 9.17) is 19.4 Å². The average Bonchev–Trinajstić information content (AvgIpc) is 3.36. The molecule has 1 aliphatic heterocycles. The van der Waals surface area contributed by atoms with Crippen molar-refractivity contribution in [3.8, 4) is 34.6 Å². The molecular weight excluding hydrogens is 454 g/mol. The van der Waals surface area contributed by atoms with Crippen LogP contribution in [0.5, 0.6) is 23.1 Å². The zero-order valence-corrected chi connectivity index (χ0v) is 19.2. The molecule has 0 saturated heterocycles. The lowest BCUT2D eigenvalue weighted by Gasteiger charge is -2.28. The Balaban J connectivity index is 1.44. The Kier molecular flexibility index (Phi) is 4.41. The molecule has 4 heterocycles. The SMILES string of the molecule is COc1ccc([C@@H]2c3ccc(O)cc3Oc3ncn4nc(-c5ccc6ccccc6n5)nc4c32)cc1. The Morgan fingerprint density at radius 2 is 1.81 bits per heavy atom. The highest BCUT2D eigenvalue weighted by atomic mass is 16.5. The van der Waals surface area contributed by atoms with Gasteiger partial charge in [0.1, 0.15) is 29.3 Å². The van der Waals surface area contributed by atoms with Gasteiger partial charge in [-0.05, 0) is 35.9 Å². The van der Waals surface area contributed by atoms with Gasteiger partial charge in [-0.2, -0.15) is 0 Å². The van der Waals surface area contributed by atoms with Gasteiger partial charge in [0.2, 0.25) is 11.7 Å². The summed E-state index contributed by atoms with van der Waals surface area (Å²) in [7, 11) is 1.64. The number of rotatable bonds is 3. The quantitative estimate of drug-likeness (QED) is 0.370. The van der Waals surface area contributed by atoms with Crippen molar-refractivity contribution in [3.63, 3.8) is 0 Å². The minimum atomic E-state index is -0.243. The second-order valence-electron chi connectivity index (χ2n) is 8.59. The van der Waals surface area contributed by atoms with Crippen LogP contribution < -0.4 is 9.47 Å². The minimum absolute atomic E-state index is 0.124. The summed E-state index contributed by atoms with van der Waals surface area (Å²) in [6, 6.07) is 24.9. The van der Waals surface area contributed by atoms with Crippen molar-refractivity contribution in [1.29, 1.82) is 0 Å².